The minimum atomic E-state index is 0.587. The van der Waals surface area contributed by atoms with Gasteiger partial charge < -0.3 is 10.2 Å². The molecule has 2 atom stereocenters. The topological polar surface area (TPSA) is 44.0 Å². The molecule has 1 aromatic rings. The zero-order chi connectivity index (χ0) is 9.97. The lowest BCUT2D eigenvalue weighted by Crippen LogP contribution is -2.43. The quantitative estimate of drug-likeness (QED) is 0.742. The van der Waals surface area contributed by atoms with Gasteiger partial charge in [-0.2, -0.15) is 5.10 Å². The average molecular weight is 194 g/mol. The van der Waals surface area contributed by atoms with Crippen LogP contribution in [0.3, 0.4) is 0 Å². The molecule has 2 heterocycles. The zero-order valence-corrected chi connectivity index (χ0v) is 8.83. The van der Waals surface area contributed by atoms with E-state index in [1.165, 1.54) is 19.5 Å². The van der Waals surface area contributed by atoms with Crippen LogP contribution >= 0.6 is 0 Å². The van der Waals surface area contributed by atoms with Gasteiger partial charge in [0.15, 0.2) is 0 Å². The summed E-state index contributed by atoms with van der Waals surface area (Å²) < 4.78 is 0. The number of hydrogen-bond donors (Lipinski definition) is 2. The summed E-state index contributed by atoms with van der Waals surface area (Å²) in [6.45, 7) is 4.66. The van der Waals surface area contributed by atoms with Gasteiger partial charge in [0.2, 0.25) is 0 Å². The second kappa shape index (κ2) is 4.00. The molecular formula is C10H18N4. The summed E-state index contributed by atoms with van der Waals surface area (Å²) in [6.07, 6.45) is 4.96. The smallest absolute Gasteiger partial charge is 0.0726 e. The van der Waals surface area contributed by atoms with E-state index in [4.69, 9.17) is 0 Å². The summed E-state index contributed by atoms with van der Waals surface area (Å²) in [4.78, 5) is 2.39. The summed E-state index contributed by atoms with van der Waals surface area (Å²) in [6, 6.07) is 0.587. The second-order valence-electron chi connectivity index (χ2n) is 4.27. The van der Waals surface area contributed by atoms with Crippen molar-refractivity contribution >= 4 is 5.69 Å². The molecule has 0 aliphatic carbocycles. The maximum absolute atomic E-state index is 3.93. The Balaban J connectivity index is 1.92. The highest BCUT2D eigenvalue weighted by Gasteiger charge is 2.23. The van der Waals surface area contributed by atoms with Crippen LogP contribution < -0.4 is 5.32 Å². The molecule has 78 valence electrons. The van der Waals surface area contributed by atoms with Gasteiger partial charge in [0.25, 0.3) is 0 Å². The monoisotopic (exact) mass is 194 g/mol. The normalized spacial score (nSPS) is 29.0. The third-order valence-corrected chi connectivity index (χ3v) is 2.96. The number of anilines is 1. The van der Waals surface area contributed by atoms with Gasteiger partial charge >= 0.3 is 0 Å². The number of aromatic nitrogens is 2. The molecule has 0 aromatic carbocycles. The lowest BCUT2D eigenvalue weighted by molar-refractivity contribution is 0.206. The third-order valence-electron chi connectivity index (χ3n) is 2.96. The maximum atomic E-state index is 3.93. The minimum Gasteiger partial charge on any atom is -0.379 e. The second-order valence-corrected chi connectivity index (χ2v) is 4.27. The SMILES string of the molecule is CC1CN(C)CCC1Nc1cn[nH]c1. The summed E-state index contributed by atoms with van der Waals surface area (Å²) in [5, 5.41) is 10.3. The fraction of sp³-hybridized carbons (Fsp3) is 0.700. The number of piperidine rings is 1. The van der Waals surface area contributed by atoms with Crippen molar-refractivity contribution in [3.05, 3.63) is 12.4 Å². The molecule has 4 heteroatoms. The Morgan fingerprint density at radius 3 is 3.14 bits per heavy atom. The maximum Gasteiger partial charge on any atom is 0.0726 e. The van der Waals surface area contributed by atoms with Gasteiger partial charge in [0, 0.05) is 18.8 Å². The van der Waals surface area contributed by atoms with Gasteiger partial charge in [-0.05, 0) is 25.9 Å². The van der Waals surface area contributed by atoms with Crippen molar-refractivity contribution < 1.29 is 0 Å². The Morgan fingerprint density at radius 2 is 2.50 bits per heavy atom. The van der Waals surface area contributed by atoms with Crippen molar-refractivity contribution in [2.24, 2.45) is 5.92 Å². The van der Waals surface area contributed by atoms with Crippen LogP contribution in [0.2, 0.25) is 0 Å². The number of nitrogens with zero attached hydrogens (tertiary/aromatic N) is 2. The molecule has 0 saturated carbocycles. The molecule has 1 aliphatic rings. The summed E-state index contributed by atoms with van der Waals surface area (Å²) in [7, 11) is 2.19. The van der Waals surface area contributed by atoms with Crippen molar-refractivity contribution in [1.82, 2.24) is 15.1 Å². The summed E-state index contributed by atoms with van der Waals surface area (Å²) >= 11 is 0. The van der Waals surface area contributed by atoms with Crippen molar-refractivity contribution in [3.8, 4) is 0 Å². The third kappa shape index (κ3) is 2.07. The van der Waals surface area contributed by atoms with Crippen molar-refractivity contribution in [1.29, 1.82) is 0 Å². The van der Waals surface area contributed by atoms with E-state index in [0.29, 0.717) is 12.0 Å². The Labute approximate surface area is 84.7 Å². The molecule has 14 heavy (non-hydrogen) atoms. The predicted molar refractivity (Wildman–Crippen MR) is 57.3 cm³/mol. The first-order chi connectivity index (χ1) is 6.75. The number of nitrogens with one attached hydrogen (secondary N) is 2. The zero-order valence-electron chi connectivity index (χ0n) is 8.83. The van der Waals surface area contributed by atoms with Crippen LogP contribution in [-0.2, 0) is 0 Å². The number of hydrogen-bond acceptors (Lipinski definition) is 3. The van der Waals surface area contributed by atoms with Crippen LogP contribution in [-0.4, -0.2) is 41.3 Å². The first-order valence-electron chi connectivity index (χ1n) is 5.19. The fourth-order valence-corrected chi connectivity index (χ4v) is 2.11. The standard InChI is InChI=1S/C10H18N4/c1-8-7-14(2)4-3-10(8)13-9-5-11-12-6-9/h5-6,8,10,13H,3-4,7H2,1-2H3,(H,11,12). The fourth-order valence-electron chi connectivity index (χ4n) is 2.11. The van der Waals surface area contributed by atoms with E-state index in [2.05, 4.69) is 34.4 Å². The van der Waals surface area contributed by atoms with E-state index in [-0.39, 0.29) is 0 Å². The molecule has 1 fully saturated rings. The van der Waals surface area contributed by atoms with Crippen LogP contribution in [0.15, 0.2) is 12.4 Å². The number of H-pyrrole nitrogens is 1. The van der Waals surface area contributed by atoms with Crippen LogP contribution in [0.1, 0.15) is 13.3 Å². The largest absolute Gasteiger partial charge is 0.379 e. The molecule has 1 aromatic heterocycles. The first kappa shape index (κ1) is 9.52. The van der Waals surface area contributed by atoms with E-state index < -0.39 is 0 Å². The lowest BCUT2D eigenvalue weighted by atomic mass is 9.94. The molecule has 0 radical (unpaired) electrons. The van der Waals surface area contributed by atoms with Crippen LogP contribution in [0.5, 0.6) is 0 Å². The van der Waals surface area contributed by atoms with Crippen LogP contribution in [0, 0.1) is 5.92 Å². The highest BCUT2D eigenvalue weighted by molar-refractivity contribution is 5.39. The van der Waals surface area contributed by atoms with Gasteiger partial charge in [-0.3, -0.25) is 5.10 Å². The molecule has 2 rings (SSSR count). The van der Waals surface area contributed by atoms with Gasteiger partial charge in [-0.1, -0.05) is 6.92 Å². The lowest BCUT2D eigenvalue weighted by Gasteiger charge is -2.35. The summed E-state index contributed by atoms with van der Waals surface area (Å²) in [5.74, 6) is 0.698. The van der Waals surface area contributed by atoms with Crippen molar-refractivity contribution in [2.75, 3.05) is 25.5 Å². The molecule has 1 aliphatic heterocycles. The Bertz CT molecular complexity index is 270. The molecule has 0 amide bonds. The van der Waals surface area contributed by atoms with Crippen LogP contribution in [0.25, 0.3) is 0 Å². The first-order valence-corrected chi connectivity index (χ1v) is 5.19. The highest BCUT2D eigenvalue weighted by atomic mass is 15.1. The van der Waals surface area contributed by atoms with Crippen LogP contribution in [0.4, 0.5) is 5.69 Å². The summed E-state index contributed by atoms with van der Waals surface area (Å²) in [5.41, 5.74) is 1.10. The average Bonchev–Trinajstić information content (AvgIpc) is 2.62. The number of aromatic amines is 1. The molecule has 0 spiro atoms. The van der Waals surface area contributed by atoms with Crippen molar-refractivity contribution in [2.45, 2.75) is 19.4 Å². The minimum absolute atomic E-state index is 0.587. The van der Waals surface area contributed by atoms with Gasteiger partial charge in [0.1, 0.15) is 0 Å². The molecule has 1 saturated heterocycles. The molecular weight excluding hydrogens is 176 g/mol. The van der Waals surface area contributed by atoms with E-state index in [9.17, 15) is 0 Å². The Hall–Kier alpha value is -1.03. The van der Waals surface area contributed by atoms with E-state index in [1.54, 1.807) is 0 Å². The molecule has 2 N–H and O–H groups in total. The molecule has 0 bridgehead atoms. The van der Waals surface area contributed by atoms with Crippen molar-refractivity contribution in [3.63, 3.8) is 0 Å². The molecule has 4 nitrogen and oxygen atoms in total. The van der Waals surface area contributed by atoms with Gasteiger partial charge in [-0.15, -0.1) is 0 Å². The van der Waals surface area contributed by atoms with E-state index >= 15 is 0 Å². The van der Waals surface area contributed by atoms with Gasteiger partial charge in [0.05, 0.1) is 11.9 Å². The number of likely N-dealkylation sites (tertiary alicyclic amines) is 1. The van der Waals surface area contributed by atoms with E-state index in [0.717, 1.165) is 5.69 Å². The number of rotatable bonds is 2. The molecule has 2 unspecified atom stereocenters. The van der Waals surface area contributed by atoms with Gasteiger partial charge in [-0.25, -0.2) is 0 Å². The predicted octanol–water partition coefficient (Wildman–Crippen LogP) is 1.16. The van der Waals surface area contributed by atoms with E-state index in [1.807, 2.05) is 12.4 Å². The Morgan fingerprint density at radius 1 is 1.64 bits per heavy atom. The Kier molecular flexibility index (Phi) is 2.72. The highest BCUT2D eigenvalue weighted by Crippen LogP contribution is 2.19.